The van der Waals surface area contributed by atoms with Gasteiger partial charge in [0.2, 0.25) is 11.8 Å². The predicted molar refractivity (Wildman–Crippen MR) is 101 cm³/mol. The van der Waals surface area contributed by atoms with E-state index in [0.717, 1.165) is 0 Å². The van der Waals surface area contributed by atoms with E-state index in [1.54, 1.807) is 0 Å². The topological polar surface area (TPSA) is 122 Å². The molecule has 1 aliphatic heterocycles. The number of nitro groups is 1. The van der Waals surface area contributed by atoms with Crippen molar-refractivity contribution < 1.29 is 23.7 Å². The van der Waals surface area contributed by atoms with E-state index in [1.165, 1.54) is 53.4 Å². The molecule has 2 aromatic rings. The van der Waals surface area contributed by atoms with Crippen LogP contribution in [-0.4, -0.2) is 46.7 Å². The highest BCUT2D eigenvalue weighted by atomic mass is 19.1. The summed E-state index contributed by atoms with van der Waals surface area (Å²) in [6.45, 7) is 0.420. The highest BCUT2D eigenvalue weighted by molar-refractivity contribution is 6.01. The van der Waals surface area contributed by atoms with Crippen molar-refractivity contribution in [1.29, 1.82) is 0 Å². The lowest BCUT2D eigenvalue weighted by molar-refractivity contribution is -0.384. The van der Waals surface area contributed by atoms with E-state index < -0.39 is 34.5 Å². The second-order valence-corrected chi connectivity index (χ2v) is 6.37. The Bertz CT molecular complexity index is 946. The van der Waals surface area contributed by atoms with Crippen LogP contribution in [-0.2, 0) is 9.59 Å². The standard InChI is InChI=1S/C19H17FN4O5/c20-13-3-5-14(6-4-13)22-17(25)11-16-18(26)21-9-10-23(16)19(27)12-1-7-15(8-2-12)24(28)29/h1-8,16H,9-11H2,(H,21,26)(H,22,25)/t16-/m1/s1. The van der Waals surface area contributed by atoms with Gasteiger partial charge >= 0.3 is 0 Å². The maximum Gasteiger partial charge on any atom is 0.269 e. The maximum absolute atomic E-state index is 13.0. The van der Waals surface area contributed by atoms with Gasteiger partial charge in [-0.3, -0.25) is 24.5 Å². The van der Waals surface area contributed by atoms with Crippen LogP contribution in [0.15, 0.2) is 48.5 Å². The molecule has 0 bridgehead atoms. The Morgan fingerprint density at radius 1 is 1.17 bits per heavy atom. The Kier molecular flexibility index (Phi) is 5.82. The van der Waals surface area contributed by atoms with Crippen molar-refractivity contribution in [3.05, 3.63) is 70.0 Å². The summed E-state index contributed by atoms with van der Waals surface area (Å²) in [6.07, 6.45) is -0.290. The van der Waals surface area contributed by atoms with E-state index >= 15 is 0 Å². The summed E-state index contributed by atoms with van der Waals surface area (Å²) in [5.74, 6) is -1.94. The second kappa shape index (κ2) is 8.46. The zero-order valence-corrected chi connectivity index (χ0v) is 15.1. The first kappa shape index (κ1) is 19.9. The lowest BCUT2D eigenvalue weighted by Crippen LogP contribution is -2.58. The van der Waals surface area contributed by atoms with E-state index in [9.17, 15) is 28.9 Å². The van der Waals surface area contributed by atoms with Crippen LogP contribution in [0.3, 0.4) is 0 Å². The first-order valence-corrected chi connectivity index (χ1v) is 8.73. The van der Waals surface area contributed by atoms with Gasteiger partial charge < -0.3 is 15.5 Å². The van der Waals surface area contributed by atoms with Crippen molar-refractivity contribution >= 4 is 29.1 Å². The molecule has 0 aromatic heterocycles. The number of hydrogen-bond acceptors (Lipinski definition) is 5. The normalized spacial score (nSPS) is 16.1. The van der Waals surface area contributed by atoms with Gasteiger partial charge in [-0.05, 0) is 36.4 Å². The van der Waals surface area contributed by atoms with E-state index in [1.807, 2.05) is 0 Å². The van der Waals surface area contributed by atoms with E-state index in [0.29, 0.717) is 5.69 Å². The lowest BCUT2D eigenvalue weighted by atomic mass is 10.1. The van der Waals surface area contributed by atoms with Crippen LogP contribution < -0.4 is 10.6 Å². The van der Waals surface area contributed by atoms with Gasteiger partial charge in [0.05, 0.1) is 11.3 Å². The molecule has 9 nitrogen and oxygen atoms in total. The van der Waals surface area contributed by atoms with Gasteiger partial charge in [0.15, 0.2) is 0 Å². The summed E-state index contributed by atoms with van der Waals surface area (Å²) < 4.78 is 13.0. The number of hydrogen-bond donors (Lipinski definition) is 2. The van der Waals surface area contributed by atoms with Crippen molar-refractivity contribution in [3.8, 4) is 0 Å². The van der Waals surface area contributed by atoms with Crippen LogP contribution in [0.2, 0.25) is 0 Å². The highest BCUT2D eigenvalue weighted by Gasteiger charge is 2.35. The molecular weight excluding hydrogens is 383 g/mol. The molecule has 1 aliphatic rings. The Morgan fingerprint density at radius 2 is 1.83 bits per heavy atom. The Hall–Kier alpha value is -3.82. The van der Waals surface area contributed by atoms with Crippen molar-refractivity contribution in [2.75, 3.05) is 18.4 Å². The number of amides is 3. The van der Waals surface area contributed by atoms with Gasteiger partial charge in [-0.2, -0.15) is 0 Å². The minimum atomic E-state index is -1.04. The largest absolute Gasteiger partial charge is 0.353 e. The fourth-order valence-electron chi connectivity index (χ4n) is 2.97. The first-order valence-electron chi connectivity index (χ1n) is 8.73. The zero-order chi connectivity index (χ0) is 21.0. The molecule has 1 heterocycles. The molecule has 150 valence electrons. The van der Waals surface area contributed by atoms with Crippen molar-refractivity contribution in [3.63, 3.8) is 0 Å². The molecular formula is C19H17FN4O5. The summed E-state index contributed by atoms with van der Waals surface area (Å²) in [5, 5.41) is 15.9. The number of anilines is 1. The molecule has 29 heavy (non-hydrogen) atoms. The van der Waals surface area contributed by atoms with Gasteiger partial charge in [-0.15, -0.1) is 0 Å². The van der Waals surface area contributed by atoms with E-state index in [-0.39, 0.29) is 30.8 Å². The van der Waals surface area contributed by atoms with Gasteiger partial charge in [0.25, 0.3) is 11.6 Å². The highest BCUT2D eigenvalue weighted by Crippen LogP contribution is 2.18. The minimum Gasteiger partial charge on any atom is -0.353 e. The predicted octanol–water partition coefficient (Wildman–Crippen LogP) is 1.70. The third-order valence-electron chi connectivity index (χ3n) is 4.42. The number of rotatable bonds is 5. The molecule has 0 saturated carbocycles. The molecule has 2 N–H and O–H groups in total. The van der Waals surface area contributed by atoms with Crippen molar-refractivity contribution in [2.24, 2.45) is 0 Å². The molecule has 0 spiro atoms. The quantitative estimate of drug-likeness (QED) is 0.584. The molecule has 0 unspecified atom stereocenters. The van der Waals surface area contributed by atoms with Gasteiger partial charge in [0, 0.05) is 36.5 Å². The average Bonchev–Trinajstić information content (AvgIpc) is 2.71. The summed E-state index contributed by atoms with van der Waals surface area (Å²) in [7, 11) is 0. The third kappa shape index (κ3) is 4.72. The summed E-state index contributed by atoms with van der Waals surface area (Å²) in [6, 6.07) is 9.13. The number of carbonyl (C=O) groups is 3. The van der Waals surface area contributed by atoms with Crippen molar-refractivity contribution in [1.82, 2.24) is 10.2 Å². The van der Waals surface area contributed by atoms with Crippen LogP contribution in [0.5, 0.6) is 0 Å². The average molecular weight is 400 g/mol. The molecule has 10 heteroatoms. The number of nitro benzene ring substituents is 1. The third-order valence-corrected chi connectivity index (χ3v) is 4.42. The number of piperazine rings is 1. The number of nitrogens with zero attached hydrogens (tertiary/aromatic N) is 2. The molecule has 1 fully saturated rings. The number of benzene rings is 2. The van der Waals surface area contributed by atoms with E-state index in [2.05, 4.69) is 10.6 Å². The molecule has 0 radical (unpaired) electrons. The van der Waals surface area contributed by atoms with Crippen molar-refractivity contribution in [2.45, 2.75) is 12.5 Å². The van der Waals surface area contributed by atoms with Crippen LogP contribution in [0.25, 0.3) is 0 Å². The smallest absolute Gasteiger partial charge is 0.269 e. The Balaban J connectivity index is 1.73. The number of nitrogens with one attached hydrogen (secondary N) is 2. The number of carbonyl (C=O) groups excluding carboxylic acids is 3. The monoisotopic (exact) mass is 400 g/mol. The van der Waals surface area contributed by atoms with Crippen LogP contribution in [0, 0.1) is 15.9 Å². The second-order valence-electron chi connectivity index (χ2n) is 6.37. The molecule has 2 aromatic carbocycles. The molecule has 0 aliphatic carbocycles. The molecule has 3 amide bonds. The Morgan fingerprint density at radius 3 is 2.45 bits per heavy atom. The first-order chi connectivity index (χ1) is 13.8. The summed E-state index contributed by atoms with van der Waals surface area (Å²) >= 11 is 0. The van der Waals surface area contributed by atoms with Gasteiger partial charge in [0.1, 0.15) is 11.9 Å². The lowest BCUT2D eigenvalue weighted by Gasteiger charge is -2.34. The number of halogens is 1. The molecule has 3 rings (SSSR count). The van der Waals surface area contributed by atoms with E-state index in [4.69, 9.17) is 0 Å². The van der Waals surface area contributed by atoms with Gasteiger partial charge in [-0.1, -0.05) is 0 Å². The van der Waals surface area contributed by atoms with Crippen LogP contribution in [0.4, 0.5) is 15.8 Å². The summed E-state index contributed by atoms with van der Waals surface area (Å²) in [4.78, 5) is 48.9. The number of non-ortho nitro benzene ring substituents is 1. The maximum atomic E-state index is 13.0. The molecule has 1 atom stereocenters. The van der Waals surface area contributed by atoms with Gasteiger partial charge in [-0.25, -0.2) is 4.39 Å². The minimum absolute atomic E-state index is 0.159. The summed E-state index contributed by atoms with van der Waals surface area (Å²) in [5.41, 5.74) is 0.378. The zero-order valence-electron chi connectivity index (χ0n) is 15.1. The molecule has 1 saturated heterocycles. The van der Waals surface area contributed by atoms with Crippen LogP contribution >= 0.6 is 0 Å². The fraction of sp³-hybridized carbons (Fsp3) is 0.211. The SMILES string of the molecule is O=C(C[C@@H]1C(=O)NCCN1C(=O)c1ccc([N+](=O)[O-])cc1)Nc1ccc(F)cc1. The van der Waals surface area contributed by atoms with Crippen LogP contribution in [0.1, 0.15) is 16.8 Å². The fourth-order valence-corrected chi connectivity index (χ4v) is 2.97. The Labute approximate surface area is 164 Å².